The smallest absolute Gasteiger partial charge is 0.270 e. The fourth-order valence-electron chi connectivity index (χ4n) is 2.47. The zero-order valence-electron chi connectivity index (χ0n) is 14.4. The molecule has 4 rings (SSSR count). The molecule has 0 amide bonds. The van der Waals surface area contributed by atoms with E-state index in [2.05, 4.69) is 15.2 Å². The minimum Gasteiger partial charge on any atom is -0.419 e. The third kappa shape index (κ3) is 3.69. The topological polar surface area (TPSA) is 95.0 Å². The van der Waals surface area contributed by atoms with Gasteiger partial charge < -0.3 is 4.42 Å². The molecule has 0 aliphatic rings. The van der Waals surface area contributed by atoms with Crippen LogP contribution in [0.2, 0.25) is 0 Å². The predicted molar refractivity (Wildman–Crippen MR) is 105 cm³/mol. The van der Waals surface area contributed by atoms with E-state index in [1.165, 1.54) is 34.7 Å². The van der Waals surface area contributed by atoms with Gasteiger partial charge in [-0.15, -0.1) is 21.5 Å². The molecule has 4 aromatic rings. The number of fused-ring (bicyclic) bond motifs is 1. The fraction of sp³-hybridized carbons (Fsp3) is 0.167. The van der Waals surface area contributed by atoms with Crippen molar-refractivity contribution < 1.29 is 9.34 Å². The average molecular weight is 398 g/mol. The summed E-state index contributed by atoms with van der Waals surface area (Å²) in [5.74, 6) is 0.998. The Kier molecular flexibility index (Phi) is 4.63. The van der Waals surface area contributed by atoms with Crippen molar-refractivity contribution in [3.05, 3.63) is 64.0 Å². The van der Waals surface area contributed by atoms with E-state index in [0.29, 0.717) is 11.8 Å². The molecule has 0 aliphatic carbocycles. The van der Waals surface area contributed by atoms with Gasteiger partial charge in [-0.25, -0.2) is 4.98 Å². The zero-order chi connectivity index (χ0) is 19.0. The largest absolute Gasteiger partial charge is 0.419 e. The number of nitro benzene ring substituents is 1. The lowest BCUT2D eigenvalue weighted by Crippen LogP contribution is -1.88. The molecule has 136 valence electrons. The van der Waals surface area contributed by atoms with Gasteiger partial charge in [-0.2, -0.15) is 0 Å². The molecular weight excluding hydrogens is 384 g/mol. The van der Waals surface area contributed by atoms with Crippen LogP contribution in [-0.4, -0.2) is 20.1 Å². The van der Waals surface area contributed by atoms with E-state index in [9.17, 15) is 10.1 Å². The van der Waals surface area contributed by atoms with Crippen molar-refractivity contribution >= 4 is 39.0 Å². The summed E-state index contributed by atoms with van der Waals surface area (Å²) in [6.45, 7) is 3.99. The maximum absolute atomic E-state index is 10.9. The number of rotatable bonds is 5. The summed E-state index contributed by atoms with van der Waals surface area (Å²) < 4.78 is 7.39. The molecule has 2 heterocycles. The summed E-state index contributed by atoms with van der Waals surface area (Å²) in [6, 6.07) is 12.6. The average Bonchev–Trinajstić information content (AvgIpc) is 3.28. The molecule has 0 unspecified atom stereocenters. The summed E-state index contributed by atoms with van der Waals surface area (Å²) in [6.07, 6.45) is 0. The molecule has 0 aliphatic heterocycles. The molecule has 27 heavy (non-hydrogen) atoms. The van der Waals surface area contributed by atoms with Gasteiger partial charge in [-0.1, -0.05) is 29.5 Å². The normalized spacial score (nSPS) is 12.4. The lowest BCUT2D eigenvalue weighted by Gasteiger charge is -2.02. The van der Waals surface area contributed by atoms with Crippen LogP contribution >= 0.6 is 23.1 Å². The monoisotopic (exact) mass is 398 g/mol. The van der Waals surface area contributed by atoms with Crippen molar-refractivity contribution in [2.45, 2.75) is 23.4 Å². The van der Waals surface area contributed by atoms with Crippen LogP contribution in [-0.2, 0) is 0 Å². The van der Waals surface area contributed by atoms with Gasteiger partial charge in [0.1, 0.15) is 0 Å². The predicted octanol–water partition coefficient (Wildman–Crippen LogP) is 5.42. The molecule has 0 fully saturated rings. The number of aromatic nitrogens is 3. The summed E-state index contributed by atoms with van der Waals surface area (Å²) in [4.78, 5) is 15.0. The quantitative estimate of drug-likeness (QED) is 0.252. The van der Waals surface area contributed by atoms with Gasteiger partial charge in [0.25, 0.3) is 5.69 Å². The molecular formula is C18H14N4O3S2. The Hall–Kier alpha value is -2.78. The number of nitro groups is 1. The Morgan fingerprint density at radius 2 is 1.96 bits per heavy atom. The van der Waals surface area contributed by atoms with Crippen LogP contribution in [0.15, 0.2) is 51.2 Å². The Balaban J connectivity index is 1.53. The molecule has 2 aromatic heterocycles. The highest BCUT2D eigenvalue weighted by atomic mass is 32.2. The maximum Gasteiger partial charge on any atom is 0.270 e. The van der Waals surface area contributed by atoms with Crippen molar-refractivity contribution in [1.29, 1.82) is 0 Å². The third-order valence-corrected chi connectivity index (χ3v) is 6.13. The fourth-order valence-corrected chi connectivity index (χ4v) is 4.74. The standard InChI is InChI=1S/C18H14N4O3S2/c1-10-3-5-12(6-4-10)17-21-20-16(25-17)11(2)26-18-19-14-8-7-13(22(23)24)9-15(14)27-18/h3-9,11H,1-2H3/t11-/m1/s1. The van der Waals surface area contributed by atoms with Crippen LogP contribution in [0, 0.1) is 17.0 Å². The molecule has 0 bridgehead atoms. The zero-order valence-corrected chi connectivity index (χ0v) is 16.1. The minimum absolute atomic E-state index is 0.0652. The Morgan fingerprint density at radius 3 is 2.70 bits per heavy atom. The van der Waals surface area contributed by atoms with Crippen molar-refractivity contribution in [2.75, 3.05) is 0 Å². The Labute approximate surface area is 162 Å². The molecule has 7 nitrogen and oxygen atoms in total. The summed E-state index contributed by atoms with van der Waals surface area (Å²) in [5.41, 5.74) is 2.85. The summed E-state index contributed by atoms with van der Waals surface area (Å²) in [5, 5.41) is 19.1. The first-order valence-corrected chi connectivity index (χ1v) is 9.81. The van der Waals surface area contributed by atoms with Gasteiger partial charge in [-0.3, -0.25) is 10.1 Å². The van der Waals surface area contributed by atoms with Gasteiger partial charge in [-0.05, 0) is 32.0 Å². The van der Waals surface area contributed by atoms with Crippen LogP contribution < -0.4 is 0 Å². The maximum atomic E-state index is 10.9. The summed E-state index contributed by atoms with van der Waals surface area (Å²) in [7, 11) is 0. The van der Waals surface area contributed by atoms with E-state index in [4.69, 9.17) is 4.42 Å². The lowest BCUT2D eigenvalue weighted by atomic mass is 10.1. The number of non-ortho nitro benzene ring substituents is 1. The molecule has 0 saturated carbocycles. The molecule has 2 aromatic carbocycles. The van der Waals surface area contributed by atoms with E-state index in [1.54, 1.807) is 12.1 Å². The summed E-state index contributed by atoms with van der Waals surface area (Å²) >= 11 is 2.90. The lowest BCUT2D eigenvalue weighted by molar-refractivity contribution is -0.384. The number of benzene rings is 2. The van der Waals surface area contributed by atoms with Crippen LogP contribution in [0.5, 0.6) is 0 Å². The highest BCUT2D eigenvalue weighted by molar-refractivity contribution is 8.01. The van der Waals surface area contributed by atoms with E-state index >= 15 is 0 Å². The number of thiazole rings is 1. The second-order valence-electron chi connectivity index (χ2n) is 5.96. The number of aryl methyl sites for hydroxylation is 1. The Bertz CT molecular complexity index is 1120. The second kappa shape index (κ2) is 7.09. The molecule has 0 radical (unpaired) electrons. The van der Waals surface area contributed by atoms with Crippen LogP contribution in [0.3, 0.4) is 0 Å². The first kappa shape index (κ1) is 17.6. The third-order valence-electron chi connectivity index (χ3n) is 3.93. The van der Waals surface area contributed by atoms with Gasteiger partial charge in [0.15, 0.2) is 4.34 Å². The van der Waals surface area contributed by atoms with Crippen LogP contribution in [0.4, 0.5) is 5.69 Å². The number of thioether (sulfide) groups is 1. The van der Waals surface area contributed by atoms with Crippen molar-refractivity contribution in [1.82, 2.24) is 15.2 Å². The number of nitrogens with zero attached hydrogens (tertiary/aromatic N) is 4. The molecule has 0 saturated heterocycles. The van der Waals surface area contributed by atoms with Crippen LogP contribution in [0.1, 0.15) is 23.6 Å². The molecule has 9 heteroatoms. The van der Waals surface area contributed by atoms with Crippen LogP contribution in [0.25, 0.3) is 21.7 Å². The SMILES string of the molecule is Cc1ccc(-c2nnc([C@@H](C)Sc3nc4ccc([N+](=O)[O-])cc4s3)o2)cc1. The molecule has 0 N–H and O–H groups in total. The van der Waals surface area contributed by atoms with E-state index in [0.717, 1.165) is 20.1 Å². The van der Waals surface area contributed by atoms with Gasteiger partial charge in [0.05, 0.1) is 20.4 Å². The first-order valence-electron chi connectivity index (χ1n) is 8.11. The highest BCUT2D eigenvalue weighted by Crippen LogP contribution is 2.39. The van der Waals surface area contributed by atoms with Crippen molar-refractivity contribution in [3.8, 4) is 11.5 Å². The number of hydrogen-bond acceptors (Lipinski definition) is 8. The van der Waals surface area contributed by atoms with Crippen molar-refractivity contribution in [2.24, 2.45) is 0 Å². The minimum atomic E-state index is -0.403. The first-order chi connectivity index (χ1) is 13.0. The van der Waals surface area contributed by atoms with E-state index < -0.39 is 4.92 Å². The van der Waals surface area contributed by atoms with Gasteiger partial charge in [0, 0.05) is 17.7 Å². The van der Waals surface area contributed by atoms with Gasteiger partial charge in [0.2, 0.25) is 11.8 Å². The highest BCUT2D eigenvalue weighted by Gasteiger charge is 2.19. The van der Waals surface area contributed by atoms with Gasteiger partial charge >= 0.3 is 0 Å². The van der Waals surface area contributed by atoms with E-state index in [1.807, 2.05) is 38.1 Å². The van der Waals surface area contributed by atoms with Crippen molar-refractivity contribution in [3.63, 3.8) is 0 Å². The molecule has 1 atom stereocenters. The molecule has 0 spiro atoms. The number of hydrogen-bond donors (Lipinski definition) is 0. The Morgan fingerprint density at radius 1 is 1.19 bits per heavy atom. The second-order valence-corrected chi connectivity index (χ2v) is 8.58. The van der Waals surface area contributed by atoms with E-state index in [-0.39, 0.29) is 10.9 Å².